The highest BCUT2D eigenvalue weighted by molar-refractivity contribution is 5.58. The standard InChI is InChI=1S/C42H78O2/c1-5-9-13-17-21-25-29-33-37-38(34-30-26-22-18-14-10-6-2)42(44)40(36-32-28-24-20-16-12-8-4)39(41(37)43)35-31-27-23-19-15-11-7-3/h43-44H,5-36H2,1-4H3. The topological polar surface area (TPSA) is 40.5 Å². The van der Waals surface area contributed by atoms with E-state index in [2.05, 4.69) is 27.7 Å². The maximum atomic E-state index is 11.9. The van der Waals surface area contributed by atoms with E-state index in [0.29, 0.717) is 11.5 Å². The van der Waals surface area contributed by atoms with Crippen LogP contribution in [-0.4, -0.2) is 10.2 Å². The minimum atomic E-state index is 0.565. The molecule has 1 aromatic carbocycles. The van der Waals surface area contributed by atoms with Crippen molar-refractivity contribution in [2.45, 2.75) is 233 Å². The van der Waals surface area contributed by atoms with E-state index in [-0.39, 0.29) is 0 Å². The minimum Gasteiger partial charge on any atom is -0.507 e. The predicted molar refractivity (Wildman–Crippen MR) is 197 cm³/mol. The van der Waals surface area contributed by atoms with Crippen LogP contribution in [0.1, 0.15) is 230 Å². The molecule has 0 atom stereocenters. The number of phenols is 2. The Hall–Kier alpha value is -1.18. The highest BCUT2D eigenvalue weighted by atomic mass is 16.3. The fourth-order valence-corrected chi connectivity index (χ4v) is 7.05. The van der Waals surface area contributed by atoms with Crippen LogP contribution in [-0.2, 0) is 25.7 Å². The smallest absolute Gasteiger partial charge is 0.122 e. The van der Waals surface area contributed by atoms with Crippen LogP contribution in [0.5, 0.6) is 11.5 Å². The molecule has 0 heterocycles. The summed E-state index contributed by atoms with van der Waals surface area (Å²) in [7, 11) is 0. The van der Waals surface area contributed by atoms with E-state index < -0.39 is 0 Å². The third kappa shape index (κ3) is 18.7. The van der Waals surface area contributed by atoms with Gasteiger partial charge in [-0.2, -0.15) is 0 Å². The molecule has 0 aliphatic rings. The SMILES string of the molecule is CCCCCCCCCc1c(O)c(CCCCCCCCC)c(CCCCCCCCC)c(O)c1CCCCCCCCC. The number of unbranched alkanes of at least 4 members (excludes halogenated alkanes) is 24. The molecule has 0 aliphatic carbocycles. The highest BCUT2D eigenvalue weighted by Gasteiger charge is 2.23. The average molecular weight is 615 g/mol. The first-order valence-electron chi connectivity index (χ1n) is 20.2. The Kier molecular flexibility index (Phi) is 27.1. The second-order valence-electron chi connectivity index (χ2n) is 14.1. The Morgan fingerprint density at radius 2 is 0.409 bits per heavy atom. The van der Waals surface area contributed by atoms with Crippen LogP contribution in [0.25, 0.3) is 0 Å². The van der Waals surface area contributed by atoms with Crippen LogP contribution in [0.4, 0.5) is 0 Å². The Morgan fingerprint density at radius 3 is 0.591 bits per heavy atom. The van der Waals surface area contributed by atoms with Crippen molar-refractivity contribution in [1.82, 2.24) is 0 Å². The maximum Gasteiger partial charge on any atom is 0.122 e. The van der Waals surface area contributed by atoms with E-state index in [1.165, 1.54) is 154 Å². The number of hydrogen-bond acceptors (Lipinski definition) is 2. The van der Waals surface area contributed by atoms with Gasteiger partial charge >= 0.3 is 0 Å². The number of phenolic OH excluding ortho intramolecular Hbond substituents is 2. The summed E-state index contributed by atoms with van der Waals surface area (Å²) in [5.41, 5.74) is 4.40. The molecule has 0 unspecified atom stereocenters. The summed E-state index contributed by atoms with van der Waals surface area (Å²) in [6.07, 6.45) is 39.5. The summed E-state index contributed by atoms with van der Waals surface area (Å²) in [4.78, 5) is 0. The first kappa shape index (κ1) is 40.8. The molecular formula is C42H78O2. The van der Waals surface area contributed by atoms with Crippen molar-refractivity contribution in [3.8, 4) is 11.5 Å². The molecule has 0 amide bonds. The molecule has 258 valence electrons. The molecule has 1 aromatic rings. The van der Waals surface area contributed by atoms with Crippen LogP contribution < -0.4 is 0 Å². The molecule has 0 radical (unpaired) electrons. The molecule has 0 bridgehead atoms. The molecule has 0 spiro atoms. The van der Waals surface area contributed by atoms with Gasteiger partial charge in [0.25, 0.3) is 0 Å². The van der Waals surface area contributed by atoms with Crippen molar-refractivity contribution in [2.75, 3.05) is 0 Å². The Balaban J connectivity index is 3.06. The van der Waals surface area contributed by atoms with Gasteiger partial charge in [-0.05, 0) is 51.4 Å². The van der Waals surface area contributed by atoms with Crippen molar-refractivity contribution in [3.05, 3.63) is 22.3 Å². The van der Waals surface area contributed by atoms with Gasteiger partial charge in [0.2, 0.25) is 0 Å². The van der Waals surface area contributed by atoms with E-state index in [1.807, 2.05) is 0 Å². The Morgan fingerprint density at radius 1 is 0.250 bits per heavy atom. The molecule has 0 aliphatic heterocycles. The summed E-state index contributed by atoms with van der Waals surface area (Å²) < 4.78 is 0. The van der Waals surface area contributed by atoms with E-state index in [1.54, 1.807) is 0 Å². The number of hydrogen-bond donors (Lipinski definition) is 2. The first-order chi connectivity index (χ1) is 21.6. The number of benzene rings is 1. The summed E-state index contributed by atoms with van der Waals surface area (Å²) in [6, 6.07) is 0. The predicted octanol–water partition coefficient (Wildman–Crippen LogP) is 14.3. The van der Waals surface area contributed by atoms with E-state index in [9.17, 15) is 10.2 Å². The van der Waals surface area contributed by atoms with E-state index in [4.69, 9.17) is 0 Å². The van der Waals surface area contributed by atoms with Crippen molar-refractivity contribution in [1.29, 1.82) is 0 Å². The highest BCUT2D eigenvalue weighted by Crippen LogP contribution is 2.41. The van der Waals surface area contributed by atoms with E-state index >= 15 is 0 Å². The lowest BCUT2D eigenvalue weighted by molar-refractivity contribution is 0.429. The third-order valence-corrected chi connectivity index (χ3v) is 9.99. The van der Waals surface area contributed by atoms with Gasteiger partial charge in [-0.3, -0.25) is 0 Å². The summed E-state index contributed by atoms with van der Waals surface area (Å²) >= 11 is 0. The second kappa shape index (κ2) is 29.2. The van der Waals surface area contributed by atoms with Crippen LogP contribution in [0.3, 0.4) is 0 Å². The summed E-state index contributed by atoms with van der Waals surface area (Å²) in [5.74, 6) is 1.13. The zero-order valence-corrected chi connectivity index (χ0v) is 30.5. The van der Waals surface area contributed by atoms with Crippen LogP contribution in [0.15, 0.2) is 0 Å². The van der Waals surface area contributed by atoms with Crippen molar-refractivity contribution >= 4 is 0 Å². The van der Waals surface area contributed by atoms with Gasteiger partial charge in [0.05, 0.1) is 0 Å². The molecule has 0 aromatic heterocycles. The zero-order chi connectivity index (χ0) is 32.1. The summed E-state index contributed by atoms with van der Waals surface area (Å²) in [5, 5.41) is 23.8. The van der Waals surface area contributed by atoms with Gasteiger partial charge in [0, 0.05) is 22.3 Å². The van der Waals surface area contributed by atoms with Crippen molar-refractivity contribution in [3.63, 3.8) is 0 Å². The zero-order valence-electron chi connectivity index (χ0n) is 30.5. The van der Waals surface area contributed by atoms with Gasteiger partial charge in [0.1, 0.15) is 11.5 Å². The Bertz CT molecular complexity index is 656. The van der Waals surface area contributed by atoms with Gasteiger partial charge in [-0.15, -0.1) is 0 Å². The van der Waals surface area contributed by atoms with Crippen LogP contribution in [0.2, 0.25) is 0 Å². The second-order valence-corrected chi connectivity index (χ2v) is 14.1. The average Bonchev–Trinajstić information content (AvgIpc) is 3.02. The van der Waals surface area contributed by atoms with Gasteiger partial charge in [-0.1, -0.05) is 182 Å². The van der Waals surface area contributed by atoms with Crippen molar-refractivity contribution in [2.24, 2.45) is 0 Å². The van der Waals surface area contributed by atoms with E-state index in [0.717, 1.165) is 73.6 Å². The fourth-order valence-electron chi connectivity index (χ4n) is 7.05. The number of rotatable bonds is 32. The molecule has 0 saturated heterocycles. The number of aromatic hydroxyl groups is 2. The minimum absolute atomic E-state index is 0.565. The Labute approximate surface area is 276 Å². The quantitative estimate of drug-likeness (QED) is 0.0626. The monoisotopic (exact) mass is 615 g/mol. The lowest BCUT2D eigenvalue weighted by Gasteiger charge is -2.22. The molecule has 2 N–H and O–H groups in total. The maximum absolute atomic E-state index is 11.9. The van der Waals surface area contributed by atoms with Crippen molar-refractivity contribution < 1.29 is 10.2 Å². The lowest BCUT2D eigenvalue weighted by atomic mass is 9.85. The third-order valence-electron chi connectivity index (χ3n) is 9.99. The van der Waals surface area contributed by atoms with Crippen LogP contribution in [0, 0.1) is 0 Å². The molecule has 0 fully saturated rings. The van der Waals surface area contributed by atoms with Gasteiger partial charge in [-0.25, -0.2) is 0 Å². The fraction of sp³-hybridized carbons (Fsp3) is 0.857. The van der Waals surface area contributed by atoms with Gasteiger partial charge in [0.15, 0.2) is 0 Å². The largest absolute Gasteiger partial charge is 0.507 e. The summed E-state index contributed by atoms with van der Waals surface area (Å²) in [6.45, 7) is 9.12. The lowest BCUT2D eigenvalue weighted by Crippen LogP contribution is -2.06. The van der Waals surface area contributed by atoms with Gasteiger partial charge < -0.3 is 10.2 Å². The molecular weight excluding hydrogens is 536 g/mol. The molecule has 2 nitrogen and oxygen atoms in total. The normalized spacial score (nSPS) is 11.5. The molecule has 1 rings (SSSR count). The van der Waals surface area contributed by atoms with Crippen LogP contribution >= 0.6 is 0 Å². The molecule has 2 heteroatoms. The molecule has 44 heavy (non-hydrogen) atoms. The molecule has 0 saturated carbocycles. The first-order valence-corrected chi connectivity index (χ1v) is 20.2.